The van der Waals surface area contributed by atoms with E-state index in [0.29, 0.717) is 6.04 Å². The highest BCUT2D eigenvalue weighted by molar-refractivity contribution is 5.79. The number of carbonyl (C=O) groups excluding carboxylic acids is 1. The van der Waals surface area contributed by atoms with E-state index in [-0.39, 0.29) is 17.4 Å². The molecule has 1 aliphatic heterocycles. The third-order valence-corrected chi connectivity index (χ3v) is 3.78. The molecule has 1 aromatic rings. The number of halogens is 2. The largest absolute Gasteiger partial charge is 0.349 e. The SMILES string of the molecule is CC1CC(C(=O)NC(C)c2cc(F)ccc2F)CCN1. The molecular weight excluding hydrogens is 262 g/mol. The Labute approximate surface area is 117 Å². The Morgan fingerprint density at radius 1 is 1.45 bits per heavy atom. The fourth-order valence-electron chi connectivity index (χ4n) is 2.63. The maximum Gasteiger partial charge on any atom is 0.223 e. The number of benzene rings is 1. The second-order valence-corrected chi connectivity index (χ2v) is 5.47. The van der Waals surface area contributed by atoms with Crippen LogP contribution in [-0.4, -0.2) is 18.5 Å². The van der Waals surface area contributed by atoms with E-state index in [1.54, 1.807) is 6.92 Å². The Balaban J connectivity index is 2.01. The quantitative estimate of drug-likeness (QED) is 0.894. The summed E-state index contributed by atoms with van der Waals surface area (Å²) in [6.07, 6.45) is 1.54. The Morgan fingerprint density at radius 2 is 2.20 bits per heavy atom. The molecule has 3 nitrogen and oxygen atoms in total. The fraction of sp³-hybridized carbons (Fsp3) is 0.533. The van der Waals surface area contributed by atoms with E-state index in [9.17, 15) is 13.6 Å². The van der Waals surface area contributed by atoms with Crippen LogP contribution in [0.15, 0.2) is 18.2 Å². The summed E-state index contributed by atoms with van der Waals surface area (Å²) in [7, 11) is 0. The number of hydrogen-bond donors (Lipinski definition) is 2. The van der Waals surface area contributed by atoms with Gasteiger partial charge in [-0.3, -0.25) is 4.79 Å². The zero-order valence-electron chi connectivity index (χ0n) is 11.7. The molecule has 3 atom stereocenters. The summed E-state index contributed by atoms with van der Waals surface area (Å²) in [4.78, 5) is 12.2. The molecule has 2 rings (SSSR count). The molecule has 1 fully saturated rings. The summed E-state index contributed by atoms with van der Waals surface area (Å²) in [6.45, 7) is 4.51. The number of carbonyl (C=O) groups is 1. The lowest BCUT2D eigenvalue weighted by molar-refractivity contribution is -0.126. The average molecular weight is 282 g/mol. The van der Waals surface area contributed by atoms with E-state index in [0.717, 1.165) is 37.6 Å². The molecule has 0 radical (unpaired) electrons. The van der Waals surface area contributed by atoms with E-state index in [1.807, 2.05) is 6.92 Å². The number of rotatable bonds is 3. The van der Waals surface area contributed by atoms with Crippen molar-refractivity contribution in [3.05, 3.63) is 35.4 Å². The average Bonchev–Trinajstić information content (AvgIpc) is 2.41. The van der Waals surface area contributed by atoms with Crippen molar-refractivity contribution in [3.63, 3.8) is 0 Å². The highest BCUT2D eigenvalue weighted by Crippen LogP contribution is 2.21. The van der Waals surface area contributed by atoms with Gasteiger partial charge >= 0.3 is 0 Å². The van der Waals surface area contributed by atoms with Crippen LogP contribution in [0.2, 0.25) is 0 Å². The Kier molecular flexibility index (Phi) is 4.70. The van der Waals surface area contributed by atoms with Crippen molar-refractivity contribution in [1.29, 1.82) is 0 Å². The smallest absolute Gasteiger partial charge is 0.223 e. The molecule has 1 heterocycles. The maximum absolute atomic E-state index is 13.6. The van der Waals surface area contributed by atoms with Crippen LogP contribution in [-0.2, 0) is 4.79 Å². The minimum absolute atomic E-state index is 0.0645. The first kappa shape index (κ1) is 14.9. The highest BCUT2D eigenvalue weighted by Gasteiger charge is 2.26. The third-order valence-electron chi connectivity index (χ3n) is 3.78. The lowest BCUT2D eigenvalue weighted by Crippen LogP contribution is -2.43. The summed E-state index contributed by atoms with van der Waals surface area (Å²) in [6, 6.07) is 3.05. The predicted octanol–water partition coefficient (Wildman–Crippen LogP) is 2.53. The maximum atomic E-state index is 13.6. The first-order chi connectivity index (χ1) is 9.47. The van der Waals surface area contributed by atoms with Gasteiger partial charge in [-0.1, -0.05) is 0 Å². The second-order valence-electron chi connectivity index (χ2n) is 5.47. The number of amides is 1. The van der Waals surface area contributed by atoms with E-state index in [2.05, 4.69) is 10.6 Å². The first-order valence-electron chi connectivity index (χ1n) is 6.96. The monoisotopic (exact) mass is 282 g/mol. The molecule has 0 saturated carbocycles. The molecule has 2 N–H and O–H groups in total. The van der Waals surface area contributed by atoms with Gasteiger partial charge in [-0.25, -0.2) is 8.78 Å². The van der Waals surface area contributed by atoms with Gasteiger partial charge in [0.05, 0.1) is 6.04 Å². The zero-order chi connectivity index (χ0) is 14.7. The molecule has 0 aliphatic carbocycles. The molecule has 110 valence electrons. The minimum atomic E-state index is -0.539. The van der Waals surface area contributed by atoms with E-state index < -0.39 is 17.7 Å². The minimum Gasteiger partial charge on any atom is -0.349 e. The van der Waals surface area contributed by atoms with Crippen molar-refractivity contribution in [3.8, 4) is 0 Å². The summed E-state index contributed by atoms with van der Waals surface area (Å²) in [5.74, 6) is -1.16. The van der Waals surface area contributed by atoms with Gasteiger partial charge in [0.2, 0.25) is 5.91 Å². The van der Waals surface area contributed by atoms with Crippen molar-refractivity contribution < 1.29 is 13.6 Å². The summed E-state index contributed by atoms with van der Waals surface area (Å²) in [5.41, 5.74) is 0.181. The summed E-state index contributed by atoms with van der Waals surface area (Å²) in [5, 5.41) is 6.06. The number of hydrogen-bond acceptors (Lipinski definition) is 2. The van der Waals surface area contributed by atoms with Crippen molar-refractivity contribution in [2.24, 2.45) is 5.92 Å². The van der Waals surface area contributed by atoms with E-state index in [1.165, 1.54) is 0 Å². The molecule has 20 heavy (non-hydrogen) atoms. The fourth-order valence-corrected chi connectivity index (χ4v) is 2.63. The van der Waals surface area contributed by atoms with Crippen molar-refractivity contribution >= 4 is 5.91 Å². The third kappa shape index (κ3) is 3.54. The highest BCUT2D eigenvalue weighted by atomic mass is 19.1. The second kappa shape index (κ2) is 6.31. The van der Waals surface area contributed by atoms with Crippen LogP contribution in [0.3, 0.4) is 0 Å². The van der Waals surface area contributed by atoms with Crippen LogP contribution in [0.4, 0.5) is 8.78 Å². The van der Waals surface area contributed by atoms with E-state index >= 15 is 0 Å². The molecule has 0 spiro atoms. The summed E-state index contributed by atoms with van der Waals surface area (Å²) >= 11 is 0. The van der Waals surface area contributed by atoms with Crippen LogP contribution in [0.25, 0.3) is 0 Å². The van der Waals surface area contributed by atoms with Gasteiger partial charge in [0.15, 0.2) is 0 Å². The lowest BCUT2D eigenvalue weighted by Gasteiger charge is -2.28. The van der Waals surface area contributed by atoms with Crippen LogP contribution < -0.4 is 10.6 Å². The van der Waals surface area contributed by atoms with Crippen molar-refractivity contribution in [1.82, 2.24) is 10.6 Å². The number of nitrogens with one attached hydrogen (secondary N) is 2. The molecular formula is C15H20F2N2O. The molecule has 0 bridgehead atoms. The molecule has 0 aromatic heterocycles. The molecule has 1 aromatic carbocycles. The molecule has 1 saturated heterocycles. The predicted molar refractivity (Wildman–Crippen MR) is 73.1 cm³/mol. The van der Waals surface area contributed by atoms with Gasteiger partial charge in [0.25, 0.3) is 0 Å². The van der Waals surface area contributed by atoms with Gasteiger partial charge in [-0.15, -0.1) is 0 Å². The van der Waals surface area contributed by atoms with Crippen LogP contribution >= 0.6 is 0 Å². The van der Waals surface area contributed by atoms with Gasteiger partial charge in [-0.2, -0.15) is 0 Å². The van der Waals surface area contributed by atoms with Gasteiger partial charge in [-0.05, 0) is 51.4 Å². The first-order valence-corrected chi connectivity index (χ1v) is 6.96. The number of piperidine rings is 1. The molecule has 1 aliphatic rings. The Hall–Kier alpha value is -1.49. The lowest BCUT2D eigenvalue weighted by atomic mass is 9.92. The van der Waals surface area contributed by atoms with E-state index in [4.69, 9.17) is 0 Å². The van der Waals surface area contributed by atoms with Gasteiger partial charge < -0.3 is 10.6 Å². The standard InChI is InChI=1S/C15H20F2N2O/c1-9-7-11(5-6-18-9)15(20)19-10(2)13-8-12(16)3-4-14(13)17/h3-4,8-11,18H,5-7H2,1-2H3,(H,19,20). The Morgan fingerprint density at radius 3 is 2.90 bits per heavy atom. The molecule has 1 amide bonds. The zero-order valence-corrected chi connectivity index (χ0v) is 11.7. The van der Waals surface area contributed by atoms with Crippen LogP contribution in [0, 0.1) is 17.6 Å². The summed E-state index contributed by atoms with van der Waals surface area (Å²) < 4.78 is 26.8. The topological polar surface area (TPSA) is 41.1 Å². The molecule has 3 unspecified atom stereocenters. The van der Waals surface area contributed by atoms with Gasteiger partial charge in [0, 0.05) is 17.5 Å². The normalized spacial score (nSPS) is 24.2. The van der Waals surface area contributed by atoms with Crippen molar-refractivity contribution in [2.75, 3.05) is 6.54 Å². The molecule has 5 heteroatoms. The van der Waals surface area contributed by atoms with Crippen LogP contribution in [0.5, 0.6) is 0 Å². The Bertz CT molecular complexity index is 493. The van der Waals surface area contributed by atoms with Crippen LogP contribution in [0.1, 0.15) is 38.3 Å². The van der Waals surface area contributed by atoms with Gasteiger partial charge in [0.1, 0.15) is 11.6 Å². The van der Waals surface area contributed by atoms with Crippen molar-refractivity contribution in [2.45, 2.75) is 38.8 Å².